The van der Waals surface area contributed by atoms with E-state index in [2.05, 4.69) is 31.3 Å². The van der Waals surface area contributed by atoms with Gasteiger partial charge in [0.25, 0.3) is 0 Å². The minimum Gasteiger partial charge on any atom is -0.493 e. The number of hydrogen-bond donors (Lipinski definition) is 2. The van der Waals surface area contributed by atoms with Crippen LogP contribution in [0.3, 0.4) is 0 Å². The highest BCUT2D eigenvalue weighted by Crippen LogP contribution is 2.18. The summed E-state index contributed by atoms with van der Waals surface area (Å²) in [4.78, 5) is 0. The number of unbranched alkanes of at least 4 members (excludes halogenated alkanes) is 1. The van der Waals surface area contributed by atoms with Crippen LogP contribution in [0.1, 0.15) is 30.9 Å². The highest BCUT2D eigenvalue weighted by atomic mass is 16.5. The van der Waals surface area contributed by atoms with Crippen molar-refractivity contribution in [3.63, 3.8) is 0 Å². The summed E-state index contributed by atoms with van der Waals surface area (Å²) in [5, 5.41) is 12.1. The quantitative estimate of drug-likeness (QED) is 0.697. The van der Waals surface area contributed by atoms with Gasteiger partial charge in [0.15, 0.2) is 0 Å². The van der Waals surface area contributed by atoms with E-state index in [1.165, 1.54) is 11.1 Å². The Kier molecular flexibility index (Phi) is 6.76. The molecule has 18 heavy (non-hydrogen) atoms. The summed E-state index contributed by atoms with van der Waals surface area (Å²) in [5.41, 5.74) is 2.46. The van der Waals surface area contributed by atoms with E-state index >= 15 is 0 Å². The van der Waals surface area contributed by atoms with Gasteiger partial charge in [-0.05, 0) is 51.8 Å². The van der Waals surface area contributed by atoms with Gasteiger partial charge in [-0.2, -0.15) is 0 Å². The summed E-state index contributed by atoms with van der Waals surface area (Å²) in [7, 11) is 0. The molecule has 0 saturated carbocycles. The molecular weight excluding hydrogens is 226 g/mol. The molecule has 0 unspecified atom stereocenters. The molecule has 1 atom stereocenters. The molecule has 0 bridgehead atoms. The van der Waals surface area contributed by atoms with Gasteiger partial charge in [0.1, 0.15) is 5.75 Å². The van der Waals surface area contributed by atoms with Crippen LogP contribution in [-0.2, 0) is 0 Å². The lowest BCUT2D eigenvalue weighted by Crippen LogP contribution is -2.30. The normalized spacial score (nSPS) is 12.4. The number of benzene rings is 1. The van der Waals surface area contributed by atoms with E-state index < -0.39 is 0 Å². The highest BCUT2D eigenvalue weighted by Gasteiger charge is 2.00. The number of ether oxygens (including phenoxy) is 1. The van der Waals surface area contributed by atoms with Crippen molar-refractivity contribution >= 4 is 0 Å². The van der Waals surface area contributed by atoms with Crippen molar-refractivity contribution in [2.24, 2.45) is 0 Å². The molecule has 0 saturated heterocycles. The number of nitrogens with one attached hydrogen (secondary N) is 1. The Hall–Kier alpha value is -1.06. The molecule has 1 rings (SSSR count). The minimum absolute atomic E-state index is 0.185. The number of rotatable bonds is 8. The molecule has 0 amide bonds. The van der Waals surface area contributed by atoms with E-state index in [4.69, 9.17) is 9.84 Å². The van der Waals surface area contributed by atoms with Crippen molar-refractivity contribution < 1.29 is 9.84 Å². The zero-order chi connectivity index (χ0) is 13.4. The lowest BCUT2D eigenvalue weighted by molar-refractivity contribution is 0.249. The number of aliphatic hydroxyl groups excluding tert-OH is 1. The average molecular weight is 251 g/mol. The lowest BCUT2D eigenvalue weighted by atomic mass is 10.1. The van der Waals surface area contributed by atoms with Crippen molar-refractivity contribution in [2.75, 3.05) is 19.8 Å². The first kappa shape index (κ1) is 15.0. The van der Waals surface area contributed by atoms with Crippen LogP contribution >= 0.6 is 0 Å². The molecule has 1 aromatic carbocycles. The molecule has 0 heterocycles. The van der Waals surface area contributed by atoms with Gasteiger partial charge < -0.3 is 15.2 Å². The Labute approximate surface area is 110 Å². The third-order valence-electron chi connectivity index (χ3n) is 2.93. The van der Waals surface area contributed by atoms with Crippen LogP contribution in [0.4, 0.5) is 0 Å². The Balaban J connectivity index is 2.14. The van der Waals surface area contributed by atoms with Crippen LogP contribution in [0.15, 0.2) is 18.2 Å². The fourth-order valence-electron chi connectivity index (χ4n) is 1.78. The Morgan fingerprint density at radius 2 is 2.06 bits per heavy atom. The Bertz CT molecular complexity index is 352. The summed E-state index contributed by atoms with van der Waals surface area (Å²) >= 11 is 0. The van der Waals surface area contributed by atoms with Crippen LogP contribution in [0, 0.1) is 13.8 Å². The van der Waals surface area contributed by atoms with Gasteiger partial charge in [-0.15, -0.1) is 0 Å². The fraction of sp³-hybridized carbons (Fsp3) is 0.600. The zero-order valence-corrected chi connectivity index (χ0v) is 11.7. The summed E-state index contributed by atoms with van der Waals surface area (Å²) in [6.07, 6.45) is 2.09. The number of hydrogen-bond acceptors (Lipinski definition) is 3. The highest BCUT2D eigenvalue weighted by molar-refractivity contribution is 5.35. The predicted molar refractivity (Wildman–Crippen MR) is 75.2 cm³/mol. The van der Waals surface area contributed by atoms with Crippen molar-refractivity contribution in [3.05, 3.63) is 29.3 Å². The Morgan fingerprint density at radius 1 is 1.28 bits per heavy atom. The van der Waals surface area contributed by atoms with E-state index in [1.807, 2.05) is 13.0 Å². The lowest BCUT2D eigenvalue weighted by Gasteiger charge is -2.11. The summed E-state index contributed by atoms with van der Waals surface area (Å²) in [5.74, 6) is 0.984. The van der Waals surface area contributed by atoms with Gasteiger partial charge in [-0.25, -0.2) is 0 Å². The topological polar surface area (TPSA) is 41.5 Å². The second kappa shape index (κ2) is 8.11. The fourth-order valence-corrected chi connectivity index (χ4v) is 1.78. The van der Waals surface area contributed by atoms with E-state index in [1.54, 1.807) is 0 Å². The molecular formula is C15H25NO2. The molecule has 2 N–H and O–H groups in total. The third-order valence-corrected chi connectivity index (χ3v) is 2.93. The SMILES string of the molecule is Cc1ccc(OCCCCN[C@H](C)CO)c(C)c1. The van der Waals surface area contributed by atoms with Crippen LogP contribution in [0.5, 0.6) is 5.75 Å². The van der Waals surface area contributed by atoms with E-state index in [-0.39, 0.29) is 12.6 Å². The van der Waals surface area contributed by atoms with Crippen LogP contribution in [0.2, 0.25) is 0 Å². The number of aliphatic hydroxyl groups is 1. The molecule has 3 nitrogen and oxygen atoms in total. The van der Waals surface area contributed by atoms with Gasteiger partial charge in [-0.3, -0.25) is 0 Å². The van der Waals surface area contributed by atoms with Crippen molar-refractivity contribution in [3.8, 4) is 5.75 Å². The first-order chi connectivity index (χ1) is 8.63. The first-order valence-corrected chi connectivity index (χ1v) is 6.67. The first-order valence-electron chi connectivity index (χ1n) is 6.67. The maximum Gasteiger partial charge on any atom is 0.122 e. The summed E-state index contributed by atoms with van der Waals surface area (Å²) in [6, 6.07) is 6.44. The monoisotopic (exact) mass is 251 g/mol. The van der Waals surface area contributed by atoms with E-state index in [0.29, 0.717) is 0 Å². The molecule has 0 fully saturated rings. The van der Waals surface area contributed by atoms with Gasteiger partial charge in [-0.1, -0.05) is 17.7 Å². The molecule has 102 valence electrons. The summed E-state index contributed by atoms with van der Waals surface area (Å²) < 4.78 is 5.75. The van der Waals surface area contributed by atoms with Crippen molar-refractivity contribution in [1.29, 1.82) is 0 Å². The van der Waals surface area contributed by atoms with E-state index in [9.17, 15) is 0 Å². The molecule has 0 aromatic heterocycles. The molecule has 0 aliphatic carbocycles. The standard InChI is InChI=1S/C15H25NO2/c1-12-6-7-15(13(2)10-12)18-9-5-4-8-16-14(3)11-17/h6-7,10,14,16-17H,4-5,8-9,11H2,1-3H3/t14-/m1/s1. The summed E-state index contributed by atoms with van der Waals surface area (Å²) in [6.45, 7) is 8.01. The maximum atomic E-state index is 8.85. The molecule has 0 aliphatic rings. The van der Waals surface area contributed by atoms with Gasteiger partial charge in [0.05, 0.1) is 13.2 Å². The molecule has 0 radical (unpaired) electrons. The number of aryl methyl sites for hydroxylation is 2. The minimum atomic E-state index is 0.185. The van der Waals surface area contributed by atoms with Crippen LogP contribution in [-0.4, -0.2) is 30.9 Å². The molecule has 0 spiro atoms. The van der Waals surface area contributed by atoms with Crippen LogP contribution < -0.4 is 10.1 Å². The van der Waals surface area contributed by atoms with Crippen molar-refractivity contribution in [2.45, 2.75) is 39.7 Å². The van der Waals surface area contributed by atoms with Gasteiger partial charge >= 0.3 is 0 Å². The van der Waals surface area contributed by atoms with Gasteiger partial charge in [0, 0.05) is 6.04 Å². The smallest absolute Gasteiger partial charge is 0.122 e. The zero-order valence-electron chi connectivity index (χ0n) is 11.7. The molecule has 1 aromatic rings. The second-order valence-electron chi connectivity index (χ2n) is 4.86. The maximum absolute atomic E-state index is 8.85. The molecule has 0 aliphatic heterocycles. The molecule has 3 heteroatoms. The van der Waals surface area contributed by atoms with Crippen LogP contribution in [0.25, 0.3) is 0 Å². The average Bonchev–Trinajstić information content (AvgIpc) is 2.35. The largest absolute Gasteiger partial charge is 0.493 e. The Morgan fingerprint density at radius 3 is 2.72 bits per heavy atom. The predicted octanol–water partition coefficient (Wildman–Crippen LogP) is 2.43. The van der Waals surface area contributed by atoms with E-state index in [0.717, 1.165) is 31.7 Å². The third kappa shape index (κ3) is 5.52. The second-order valence-corrected chi connectivity index (χ2v) is 4.86. The van der Waals surface area contributed by atoms with Crippen molar-refractivity contribution in [1.82, 2.24) is 5.32 Å². The van der Waals surface area contributed by atoms with Gasteiger partial charge in [0.2, 0.25) is 0 Å².